The van der Waals surface area contributed by atoms with Crippen molar-refractivity contribution in [3.8, 4) is 0 Å². The van der Waals surface area contributed by atoms with Crippen LogP contribution in [0.5, 0.6) is 0 Å². The van der Waals surface area contributed by atoms with Crippen LogP contribution in [0.4, 0.5) is 5.82 Å². The third-order valence-electron chi connectivity index (χ3n) is 4.49. The molecule has 160 valence electrons. The van der Waals surface area contributed by atoms with Crippen molar-refractivity contribution < 1.29 is 9.90 Å². The van der Waals surface area contributed by atoms with Crippen LogP contribution in [-0.4, -0.2) is 33.6 Å². The van der Waals surface area contributed by atoms with Crippen molar-refractivity contribution in [2.75, 3.05) is 16.8 Å². The fourth-order valence-electron chi connectivity index (χ4n) is 2.69. The largest absolute Gasteiger partial charge is 0.480 e. The van der Waals surface area contributed by atoms with Crippen LogP contribution in [0.3, 0.4) is 0 Å². The summed E-state index contributed by atoms with van der Waals surface area (Å²) in [6.45, 7) is 10.6. The number of hydrogen-bond donors (Lipinski definition) is 2. The van der Waals surface area contributed by atoms with Crippen LogP contribution in [0.1, 0.15) is 58.9 Å². The van der Waals surface area contributed by atoms with Gasteiger partial charge in [0.1, 0.15) is 11.9 Å². The molecule has 0 amide bonds. The molecule has 0 aliphatic carbocycles. The molecule has 1 unspecified atom stereocenters. The fraction of sp³-hybridized carbons (Fsp3) is 0.500. The molecule has 1 aromatic rings. The first-order valence-electron chi connectivity index (χ1n) is 10.2. The van der Waals surface area contributed by atoms with Gasteiger partial charge in [0.05, 0.1) is 0 Å². The number of carbonyl (C=O) groups is 1. The molecular weight excluding hydrogens is 380 g/mol. The number of aliphatic carboxylic acids is 1. The van der Waals surface area contributed by atoms with Crippen LogP contribution in [-0.2, 0) is 4.79 Å². The first-order valence-corrected chi connectivity index (χ1v) is 11.4. The van der Waals surface area contributed by atoms with Gasteiger partial charge >= 0.3 is 5.97 Å². The second-order valence-electron chi connectivity index (χ2n) is 7.75. The lowest BCUT2D eigenvalue weighted by Gasteiger charge is -2.14. The molecule has 1 heterocycles. The number of nitrogens with zero attached hydrogens (tertiary/aromatic N) is 1. The highest BCUT2D eigenvalue weighted by atomic mass is 32.2. The van der Waals surface area contributed by atoms with Gasteiger partial charge in [-0.3, -0.25) is 0 Å². The van der Waals surface area contributed by atoms with Crippen LogP contribution < -0.4 is 5.32 Å². The minimum Gasteiger partial charge on any atom is -0.480 e. The van der Waals surface area contributed by atoms with Gasteiger partial charge in [0.15, 0.2) is 0 Å². The summed E-state index contributed by atoms with van der Waals surface area (Å²) in [7, 11) is 0. The lowest BCUT2D eigenvalue weighted by Crippen LogP contribution is -2.32. The summed E-state index contributed by atoms with van der Waals surface area (Å²) in [5.41, 5.74) is 5.24. The van der Waals surface area contributed by atoms with Crippen molar-refractivity contribution in [1.82, 2.24) is 4.98 Å². The van der Waals surface area contributed by atoms with E-state index in [9.17, 15) is 9.90 Å². The Morgan fingerprint density at radius 2 is 1.79 bits per heavy atom. The Morgan fingerprint density at radius 3 is 2.41 bits per heavy atom. The maximum atomic E-state index is 11.5. The maximum absolute atomic E-state index is 11.5. The molecule has 4 nitrogen and oxygen atoms in total. The van der Waals surface area contributed by atoms with E-state index >= 15 is 0 Å². The zero-order valence-corrected chi connectivity index (χ0v) is 19.3. The highest BCUT2D eigenvalue weighted by Gasteiger charge is 2.17. The quantitative estimate of drug-likeness (QED) is 0.287. The van der Waals surface area contributed by atoms with Gasteiger partial charge in [-0.1, -0.05) is 34.9 Å². The van der Waals surface area contributed by atoms with E-state index < -0.39 is 12.0 Å². The maximum Gasteiger partial charge on any atom is 0.327 e. The summed E-state index contributed by atoms with van der Waals surface area (Å²) in [6.07, 6.45) is 12.9. The molecule has 0 bridgehead atoms. The molecule has 0 radical (unpaired) electrons. The van der Waals surface area contributed by atoms with E-state index in [-0.39, 0.29) is 0 Å². The summed E-state index contributed by atoms with van der Waals surface area (Å²) < 4.78 is 0. The van der Waals surface area contributed by atoms with Crippen LogP contribution in [0.2, 0.25) is 0 Å². The van der Waals surface area contributed by atoms with E-state index in [2.05, 4.69) is 56.2 Å². The van der Waals surface area contributed by atoms with Gasteiger partial charge in [0.2, 0.25) is 0 Å². The number of carboxylic acid groups (broad SMARTS) is 1. The topological polar surface area (TPSA) is 62.2 Å². The first-order chi connectivity index (χ1) is 13.8. The number of aromatic nitrogens is 1. The van der Waals surface area contributed by atoms with Gasteiger partial charge in [-0.2, -0.15) is 11.8 Å². The molecule has 29 heavy (non-hydrogen) atoms. The predicted octanol–water partition coefficient (Wildman–Crippen LogP) is 6.41. The Balaban J connectivity index is 2.34. The highest BCUT2D eigenvalue weighted by Crippen LogP contribution is 2.14. The van der Waals surface area contributed by atoms with Crippen LogP contribution in [0.15, 0.2) is 53.3 Å². The second-order valence-corrected chi connectivity index (χ2v) is 8.83. The van der Waals surface area contributed by atoms with Crippen LogP contribution in [0, 0.1) is 6.92 Å². The van der Waals surface area contributed by atoms with Crippen molar-refractivity contribution in [2.24, 2.45) is 0 Å². The van der Waals surface area contributed by atoms with E-state index in [0.29, 0.717) is 11.6 Å². The van der Waals surface area contributed by atoms with E-state index in [0.717, 1.165) is 37.0 Å². The van der Waals surface area contributed by atoms with Crippen LogP contribution in [0.25, 0.3) is 0 Å². The van der Waals surface area contributed by atoms with Crippen LogP contribution >= 0.6 is 11.8 Å². The number of thioether (sulfide) groups is 1. The minimum atomic E-state index is -0.852. The average Bonchev–Trinajstić information content (AvgIpc) is 2.63. The van der Waals surface area contributed by atoms with Crippen molar-refractivity contribution in [2.45, 2.75) is 66.3 Å². The molecule has 1 aromatic heterocycles. The lowest BCUT2D eigenvalue weighted by atomic mass is 10.1. The molecule has 0 saturated carbocycles. The zero-order chi connectivity index (χ0) is 21.6. The number of allylic oxidation sites excluding steroid dienone is 5. The minimum absolute atomic E-state index is 0.498. The van der Waals surface area contributed by atoms with E-state index in [1.165, 1.54) is 16.7 Å². The standard InChI is InChI=1S/C24H36N2O2S/c1-18(2)8-6-9-19(3)10-7-11-20(4)13-15-29-17-22(24(27)28)26-23-16-21(5)12-14-25-23/h8,10,12-14,16,22H,6-7,9,11,15,17H2,1-5H3,(H,25,26)(H,27,28)/b19-10+,20-13+. The Labute approximate surface area is 180 Å². The Bertz CT molecular complexity index is 734. The Morgan fingerprint density at radius 1 is 1.14 bits per heavy atom. The Hall–Kier alpha value is -2.01. The summed E-state index contributed by atoms with van der Waals surface area (Å²) in [5.74, 6) is 1.08. The molecule has 1 rings (SSSR count). The third kappa shape index (κ3) is 12.2. The van der Waals surface area contributed by atoms with Crippen molar-refractivity contribution in [3.05, 3.63) is 58.8 Å². The van der Waals surface area contributed by atoms with E-state index in [1.54, 1.807) is 18.0 Å². The molecular formula is C24H36N2O2S. The number of aryl methyl sites for hydroxylation is 1. The SMILES string of the molecule is CC(C)=CCC/C(C)=C/CC/C(C)=C/CSCC(Nc1cc(C)ccn1)C(=O)O. The first kappa shape index (κ1) is 25.0. The van der Waals surface area contributed by atoms with Crippen molar-refractivity contribution >= 4 is 23.5 Å². The van der Waals surface area contributed by atoms with Crippen molar-refractivity contribution in [3.63, 3.8) is 0 Å². The van der Waals surface area contributed by atoms with Gasteiger partial charge in [0, 0.05) is 17.7 Å². The average molecular weight is 417 g/mol. The van der Waals surface area contributed by atoms with E-state index in [4.69, 9.17) is 0 Å². The number of carboxylic acids is 1. The summed E-state index contributed by atoms with van der Waals surface area (Å²) in [6, 6.07) is 3.11. The van der Waals surface area contributed by atoms with Gasteiger partial charge in [-0.25, -0.2) is 9.78 Å². The summed E-state index contributed by atoms with van der Waals surface area (Å²) >= 11 is 1.63. The monoisotopic (exact) mass is 416 g/mol. The second kappa shape index (κ2) is 14.0. The molecule has 1 atom stereocenters. The van der Waals surface area contributed by atoms with Gasteiger partial charge in [0.25, 0.3) is 0 Å². The number of pyridine rings is 1. The van der Waals surface area contributed by atoms with Gasteiger partial charge in [-0.05, 0) is 78.0 Å². The third-order valence-corrected chi connectivity index (χ3v) is 5.46. The number of nitrogens with one attached hydrogen (secondary N) is 1. The highest BCUT2D eigenvalue weighted by molar-refractivity contribution is 7.99. The number of rotatable bonds is 13. The molecule has 0 aliphatic rings. The molecule has 0 saturated heterocycles. The van der Waals surface area contributed by atoms with E-state index in [1.807, 2.05) is 19.1 Å². The zero-order valence-electron chi connectivity index (χ0n) is 18.5. The smallest absolute Gasteiger partial charge is 0.327 e. The van der Waals surface area contributed by atoms with Gasteiger partial charge < -0.3 is 10.4 Å². The summed E-state index contributed by atoms with van der Waals surface area (Å²) in [4.78, 5) is 15.7. The Kier molecular flexibility index (Phi) is 12.1. The molecule has 2 N–H and O–H groups in total. The fourth-order valence-corrected chi connectivity index (χ4v) is 3.69. The number of hydrogen-bond acceptors (Lipinski definition) is 4. The predicted molar refractivity (Wildman–Crippen MR) is 127 cm³/mol. The molecule has 0 spiro atoms. The molecule has 5 heteroatoms. The number of anilines is 1. The van der Waals surface area contributed by atoms with Gasteiger partial charge in [-0.15, -0.1) is 0 Å². The molecule has 0 fully saturated rings. The normalized spacial score (nSPS) is 13.1. The van der Waals surface area contributed by atoms with Crippen molar-refractivity contribution in [1.29, 1.82) is 0 Å². The molecule has 0 aliphatic heterocycles. The summed E-state index contributed by atoms with van der Waals surface area (Å²) in [5, 5.41) is 12.5. The molecule has 0 aromatic carbocycles. The lowest BCUT2D eigenvalue weighted by molar-refractivity contribution is -0.137.